The van der Waals surface area contributed by atoms with Crippen molar-refractivity contribution >= 4 is 5.97 Å². The second-order valence-corrected chi connectivity index (χ2v) is 11.6. The minimum Gasteiger partial charge on any atom is -0.468 e. The zero-order valence-electron chi connectivity index (χ0n) is 23.0. The number of ether oxygens (including phenoxy) is 2. The molecule has 35 heavy (non-hydrogen) atoms. The summed E-state index contributed by atoms with van der Waals surface area (Å²) in [4.78, 5) is 25.3. The summed E-state index contributed by atoms with van der Waals surface area (Å²) < 4.78 is 17.4. The number of esters is 1. The molecule has 2 fully saturated rings. The van der Waals surface area contributed by atoms with Crippen LogP contribution in [0.2, 0.25) is 0 Å². The van der Waals surface area contributed by atoms with Crippen molar-refractivity contribution in [1.29, 1.82) is 0 Å². The molecule has 0 N–H and O–H groups in total. The molecule has 3 rings (SSSR count). The fourth-order valence-electron chi connectivity index (χ4n) is 7.05. The van der Waals surface area contributed by atoms with E-state index in [1.807, 2.05) is 6.92 Å². The van der Waals surface area contributed by atoms with Gasteiger partial charge in [0.25, 0.3) is 5.95 Å². The van der Waals surface area contributed by atoms with Crippen LogP contribution in [0.5, 0.6) is 5.95 Å². The van der Waals surface area contributed by atoms with Crippen LogP contribution < -0.4 is 10.2 Å². The standard InChI is InChI=1S/C30H44O5/c1-18(2)11-10-15-30(8)25-13-12-19(3)24(29(25,7)16-14-26(30)35-22(6)31)17-23-27(32)20(4)21(5)34-28(23)33-9/h11,24-26H,3,10,12-17H2,1-2,4-9H3/t24-,25-,26+,29-,30+/m1/s1. The smallest absolute Gasteiger partial charge is 0.302 e. The van der Waals surface area contributed by atoms with Gasteiger partial charge in [-0.05, 0) is 89.9 Å². The second kappa shape index (κ2) is 10.4. The van der Waals surface area contributed by atoms with Gasteiger partial charge >= 0.3 is 5.97 Å². The largest absolute Gasteiger partial charge is 0.468 e. The Hall–Kier alpha value is -2.30. The van der Waals surface area contributed by atoms with E-state index in [0.717, 1.165) is 38.5 Å². The van der Waals surface area contributed by atoms with E-state index in [-0.39, 0.29) is 34.2 Å². The molecule has 5 nitrogen and oxygen atoms in total. The highest BCUT2D eigenvalue weighted by atomic mass is 16.6. The highest BCUT2D eigenvalue weighted by molar-refractivity contribution is 5.66. The number of hydrogen-bond donors (Lipinski definition) is 0. The first kappa shape index (κ1) is 27.3. The molecule has 1 aromatic heterocycles. The summed E-state index contributed by atoms with van der Waals surface area (Å²) >= 11 is 0. The van der Waals surface area contributed by atoms with Crippen LogP contribution in [0, 0.1) is 36.5 Å². The summed E-state index contributed by atoms with van der Waals surface area (Å²) in [5, 5.41) is 0. The number of aryl methyl sites for hydroxylation is 1. The number of carbonyl (C=O) groups excluding carboxylic acids is 1. The number of hydrogen-bond acceptors (Lipinski definition) is 5. The number of allylic oxidation sites excluding steroid dienone is 3. The van der Waals surface area contributed by atoms with Crippen molar-refractivity contribution in [1.82, 2.24) is 0 Å². The van der Waals surface area contributed by atoms with Crippen molar-refractivity contribution in [2.75, 3.05) is 7.11 Å². The van der Waals surface area contributed by atoms with Gasteiger partial charge in [-0.3, -0.25) is 9.59 Å². The van der Waals surface area contributed by atoms with Crippen LogP contribution >= 0.6 is 0 Å². The molecule has 2 aliphatic carbocycles. The topological polar surface area (TPSA) is 65.7 Å². The van der Waals surface area contributed by atoms with Crippen molar-refractivity contribution in [3.63, 3.8) is 0 Å². The lowest BCUT2D eigenvalue weighted by Crippen LogP contribution is -2.57. The van der Waals surface area contributed by atoms with Crippen LogP contribution in [0.4, 0.5) is 0 Å². The van der Waals surface area contributed by atoms with Crippen LogP contribution in [0.1, 0.15) is 90.0 Å². The monoisotopic (exact) mass is 484 g/mol. The second-order valence-electron chi connectivity index (χ2n) is 11.6. The molecule has 0 saturated heterocycles. The molecule has 0 aliphatic heterocycles. The first-order valence-corrected chi connectivity index (χ1v) is 13.0. The third kappa shape index (κ3) is 5.15. The summed E-state index contributed by atoms with van der Waals surface area (Å²) in [6, 6.07) is 0. The molecular weight excluding hydrogens is 440 g/mol. The van der Waals surface area contributed by atoms with Gasteiger partial charge in [-0.15, -0.1) is 0 Å². The quantitative estimate of drug-likeness (QED) is 0.312. The Bertz CT molecular complexity index is 1060. The highest BCUT2D eigenvalue weighted by Crippen LogP contribution is 2.63. The molecule has 0 aromatic carbocycles. The molecule has 194 valence electrons. The van der Waals surface area contributed by atoms with Gasteiger partial charge in [0.05, 0.1) is 12.7 Å². The molecule has 0 spiro atoms. The zero-order chi connectivity index (χ0) is 26.1. The van der Waals surface area contributed by atoms with E-state index >= 15 is 0 Å². The van der Waals surface area contributed by atoms with Gasteiger partial charge in [-0.25, -0.2) is 0 Å². The van der Waals surface area contributed by atoms with Crippen LogP contribution in [-0.2, 0) is 16.0 Å². The minimum atomic E-state index is -0.207. The predicted octanol–water partition coefficient (Wildman–Crippen LogP) is 6.87. The number of methoxy groups -OCH3 is 1. The molecule has 0 radical (unpaired) electrons. The predicted molar refractivity (Wildman–Crippen MR) is 140 cm³/mol. The van der Waals surface area contributed by atoms with Gasteiger partial charge in [0.1, 0.15) is 11.9 Å². The average Bonchev–Trinajstić information content (AvgIpc) is 2.77. The van der Waals surface area contributed by atoms with Crippen molar-refractivity contribution in [2.45, 2.75) is 99.5 Å². The third-order valence-corrected chi connectivity index (χ3v) is 9.09. The Morgan fingerprint density at radius 1 is 1.20 bits per heavy atom. The first-order chi connectivity index (χ1) is 16.3. The van der Waals surface area contributed by atoms with E-state index < -0.39 is 0 Å². The van der Waals surface area contributed by atoms with E-state index in [1.165, 1.54) is 18.1 Å². The summed E-state index contributed by atoms with van der Waals surface area (Å²) in [5.41, 5.74) is 3.53. The lowest BCUT2D eigenvalue weighted by Gasteiger charge is -2.61. The van der Waals surface area contributed by atoms with E-state index in [4.69, 9.17) is 13.9 Å². The average molecular weight is 485 g/mol. The summed E-state index contributed by atoms with van der Waals surface area (Å²) in [6.07, 6.45) is 8.34. The van der Waals surface area contributed by atoms with Crippen LogP contribution in [0.3, 0.4) is 0 Å². The van der Waals surface area contributed by atoms with E-state index in [1.54, 1.807) is 14.0 Å². The molecule has 1 aromatic rings. The Morgan fingerprint density at radius 3 is 2.49 bits per heavy atom. The Balaban J connectivity index is 2.04. The van der Waals surface area contributed by atoms with E-state index in [2.05, 4.69) is 40.3 Å². The van der Waals surface area contributed by atoms with Crippen molar-refractivity contribution in [2.24, 2.45) is 22.7 Å². The zero-order valence-corrected chi connectivity index (χ0v) is 23.0. The Kier molecular flexibility index (Phi) is 8.08. The lowest BCUT2D eigenvalue weighted by molar-refractivity contribution is -0.178. The fourth-order valence-corrected chi connectivity index (χ4v) is 7.05. The number of fused-ring (bicyclic) bond motifs is 1. The van der Waals surface area contributed by atoms with E-state index in [9.17, 15) is 9.59 Å². The molecule has 5 atom stereocenters. The van der Waals surface area contributed by atoms with Crippen LogP contribution in [0.25, 0.3) is 0 Å². The van der Waals surface area contributed by atoms with Gasteiger partial charge in [0, 0.05) is 17.9 Å². The van der Waals surface area contributed by atoms with Gasteiger partial charge in [0.15, 0.2) is 5.43 Å². The molecule has 0 amide bonds. The minimum absolute atomic E-state index is 0.00374. The Labute approximate surface area is 211 Å². The third-order valence-electron chi connectivity index (χ3n) is 9.09. The van der Waals surface area contributed by atoms with Crippen LogP contribution in [0.15, 0.2) is 33.0 Å². The summed E-state index contributed by atoms with van der Waals surface area (Å²) in [7, 11) is 1.56. The fraction of sp³-hybridized carbons (Fsp3) is 0.667. The lowest BCUT2D eigenvalue weighted by atomic mass is 9.45. The van der Waals surface area contributed by atoms with Crippen molar-refractivity contribution in [3.8, 4) is 5.95 Å². The maximum absolute atomic E-state index is 13.3. The maximum Gasteiger partial charge on any atom is 0.302 e. The van der Waals surface area contributed by atoms with Crippen LogP contribution in [-0.4, -0.2) is 19.2 Å². The highest BCUT2D eigenvalue weighted by Gasteiger charge is 2.58. The molecule has 2 saturated carbocycles. The molecule has 2 aliphatic rings. The number of rotatable bonds is 7. The normalized spacial score (nSPS) is 30.4. The molecule has 0 unspecified atom stereocenters. The molecule has 1 heterocycles. The Morgan fingerprint density at radius 2 is 1.89 bits per heavy atom. The van der Waals surface area contributed by atoms with Gasteiger partial charge in [0.2, 0.25) is 0 Å². The van der Waals surface area contributed by atoms with Gasteiger partial charge in [-0.1, -0.05) is 37.6 Å². The SMILES string of the molecule is C=C1CC[C@H]2[C@](C)(CCC=C(C)C)[C@@H](OC(C)=O)CC[C@]2(C)[C@@H]1Cc1c(OC)oc(C)c(C)c1=O. The molecule has 5 heteroatoms. The van der Waals surface area contributed by atoms with Crippen molar-refractivity contribution < 1.29 is 18.7 Å². The van der Waals surface area contributed by atoms with Crippen molar-refractivity contribution in [3.05, 3.63) is 50.9 Å². The molecule has 0 bridgehead atoms. The van der Waals surface area contributed by atoms with Gasteiger partial charge in [-0.2, -0.15) is 0 Å². The molecular formula is C30H44O5. The summed E-state index contributed by atoms with van der Waals surface area (Å²) in [6.45, 7) is 18.5. The summed E-state index contributed by atoms with van der Waals surface area (Å²) in [5.74, 6) is 1.17. The number of carbonyl (C=O) groups is 1. The van der Waals surface area contributed by atoms with Gasteiger partial charge < -0.3 is 13.9 Å². The van der Waals surface area contributed by atoms with E-state index in [0.29, 0.717) is 35.2 Å². The first-order valence-electron chi connectivity index (χ1n) is 13.0. The maximum atomic E-state index is 13.3.